The third-order valence-electron chi connectivity index (χ3n) is 2.26. The first kappa shape index (κ1) is 8.49. The summed E-state index contributed by atoms with van der Waals surface area (Å²) in [6.07, 6.45) is 2.48. The van der Waals surface area contributed by atoms with Crippen LogP contribution < -0.4 is 0 Å². The molecule has 2 N–H and O–H groups in total. The molecule has 4 nitrogen and oxygen atoms in total. The lowest BCUT2D eigenvalue weighted by molar-refractivity contribution is -0.252. The number of hydrogen-bond acceptors (Lipinski definition) is 3. The molecular formula is C7H12O4. The van der Waals surface area contributed by atoms with Crippen molar-refractivity contribution < 1.29 is 20.0 Å². The summed E-state index contributed by atoms with van der Waals surface area (Å²) >= 11 is 0. The predicted octanol–water partition coefficient (Wildman–Crippen LogP) is 0.977. The number of carboxylic acids is 1. The van der Waals surface area contributed by atoms with Crippen LogP contribution in [0.3, 0.4) is 0 Å². The smallest absolute Gasteiger partial charge is 0.306 e. The second-order valence-electron chi connectivity index (χ2n) is 2.93. The van der Waals surface area contributed by atoms with Gasteiger partial charge in [0, 0.05) is 0 Å². The zero-order valence-electron chi connectivity index (χ0n) is 6.19. The maximum absolute atomic E-state index is 10.5. The zero-order chi connectivity index (χ0) is 8.27. The molecule has 0 saturated heterocycles. The molecule has 0 aromatic carbocycles. The molecule has 1 aliphatic carbocycles. The summed E-state index contributed by atoms with van der Waals surface area (Å²) < 4.78 is 0. The van der Waals surface area contributed by atoms with E-state index in [0.717, 1.165) is 12.8 Å². The molecule has 64 valence electrons. The average Bonchev–Trinajstić information content (AvgIpc) is 2.36. The average molecular weight is 160 g/mol. The number of rotatable bonds is 3. The molecular weight excluding hydrogens is 148 g/mol. The number of carbonyl (C=O) groups is 1. The van der Waals surface area contributed by atoms with E-state index in [1.807, 2.05) is 0 Å². The van der Waals surface area contributed by atoms with Crippen LogP contribution in [-0.2, 0) is 9.68 Å². The lowest BCUT2D eigenvalue weighted by Crippen LogP contribution is -2.21. The molecule has 0 amide bonds. The molecule has 0 bridgehead atoms. The Kier molecular flexibility index (Phi) is 2.84. The van der Waals surface area contributed by atoms with Gasteiger partial charge in [0.15, 0.2) is 0 Å². The van der Waals surface area contributed by atoms with Crippen molar-refractivity contribution in [2.45, 2.75) is 19.3 Å². The van der Waals surface area contributed by atoms with Gasteiger partial charge in [0.2, 0.25) is 0 Å². The highest BCUT2D eigenvalue weighted by molar-refractivity contribution is 5.70. The van der Waals surface area contributed by atoms with Crippen molar-refractivity contribution in [2.75, 3.05) is 6.61 Å². The second kappa shape index (κ2) is 3.69. The fourth-order valence-corrected chi connectivity index (χ4v) is 1.66. The van der Waals surface area contributed by atoms with E-state index in [0.29, 0.717) is 6.42 Å². The molecule has 2 atom stereocenters. The van der Waals surface area contributed by atoms with Crippen molar-refractivity contribution in [2.24, 2.45) is 11.8 Å². The molecule has 0 aliphatic heterocycles. The summed E-state index contributed by atoms with van der Waals surface area (Å²) in [7, 11) is 0. The van der Waals surface area contributed by atoms with Gasteiger partial charge in [0.05, 0.1) is 12.5 Å². The van der Waals surface area contributed by atoms with Crippen LogP contribution in [0.5, 0.6) is 0 Å². The van der Waals surface area contributed by atoms with E-state index in [9.17, 15) is 4.79 Å². The number of hydrogen-bond donors (Lipinski definition) is 2. The quantitative estimate of drug-likeness (QED) is 0.477. The van der Waals surface area contributed by atoms with Crippen LogP contribution in [0.4, 0.5) is 0 Å². The van der Waals surface area contributed by atoms with Crippen molar-refractivity contribution in [1.29, 1.82) is 0 Å². The first-order valence-electron chi connectivity index (χ1n) is 3.75. The van der Waals surface area contributed by atoms with E-state index < -0.39 is 5.97 Å². The maximum Gasteiger partial charge on any atom is 0.306 e. The van der Waals surface area contributed by atoms with Crippen LogP contribution in [0.1, 0.15) is 19.3 Å². The largest absolute Gasteiger partial charge is 0.481 e. The Bertz CT molecular complexity index is 145. The monoisotopic (exact) mass is 160 g/mol. The van der Waals surface area contributed by atoms with Crippen molar-refractivity contribution in [3.05, 3.63) is 0 Å². The van der Waals surface area contributed by atoms with Gasteiger partial charge in [0.25, 0.3) is 0 Å². The van der Waals surface area contributed by atoms with Crippen molar-refractivity contribution >= 4 is 5.97 Å². The van der Waals surface area contributed by atoms with Crippen LogP contribution in [0.25, 0.3) is 0 Å². The highest BCUT2D eigenvalue weighted by Crippen LogP contribution is 2.31. The fraction of sp³-hybridized carbons (Fsp3) is 0.857. The minimum atomic E-state index is -0.774. The Morgan fingerprint density at radius 3 is 2.82 bits per heavy atom. The summed E-state index contributed by atoms with van der Waals surface area (Å²) in [6.45, 7) is 0.150. The first-order valence-corrected chi connectivity index (χ1v) is 3.75. The zero-order valence-corrected chi connectivity index (χ0v) is 6.19. The van der Waals surface area contributed by atoms with Gasteiger partial charge in [-0.05, 0) is 18.8 Å². The van der Waals surface area contributed by atoms with Crippen LogP contribution in [0, 0.1) is 11.8 Å². The van der Waals surface area contributed by atoms with Gasteiger partial charge >= 0.3 is 5.97 Å². The lowest BCUT2D eigenvalue weighted by Gasteiger charge is -2.12. The second-order valence-corrected chi connectivity index (χ2v) is 2.93. The molecule has 1 fully saturated rings. The van der Waals surface area contributed by atoms with Crippen molar-refractivity contribution in [3.8, 4) is 0 Å². The molecule has 1 aliphatic rings. The Morgan fingerprint density at radius 2 is 2.27 bits per heavy atom. The standard InChI is InChI=1S/C7H12O4/c8-7(9)6-3-1-2-5(6)4-11-10/h5-6,10H,1-4H2,(H,8,9). The van der Waals surface area contributed by atoms with E-state index in [2.05, 4.69) is 4.89 Å². The van der Waals surface area contributed by atoms with E-state index in [-0.39, 0.29) is 18.4 Å². The van der Waals surface area contributed by atoms with E-state index >= 15 is 0 Å². The van der Waals surface area contributed by atoms with E-state index in [4.69, 9.17) is 10.4 Å². The predicted molar refractivity (Wildman–Crippen MR) is 37.0 cm³/mol. The molecule has 0 aromatic rings. The molecule has 1 rings (SSSR count). The molecule has 0 radical (unpaired) electrons. The van der Waals surface area contributed by atoms with Gasteiger partial charge < -0.3 is 5.11 Å². The highest BCUT2D eigenvalue weighted by atomic mass is 17.1. The SMILES string of the molecule is O=C(O)C1CCCC1COO. The van der Waals surface area contributed by atoms with E-state index in [1.165, 1.54) is 0 Å². The molecule has 11 heavy (non-hydrogen) atoms. The normalized spacial score (nSPS) is 30.6. The Labute approximate surface area is 64.7 Å². The van der Waals surface area contributed by atoms with Crippen LogP contribution >= 0.6 is 0 Å². The highest BCUT2D eigenvalue weighted by Gasteiger charge is 2.32. The van der Waals surface area contributed by atoms with Crippen LogP contribution in [-0.4, -0.2) is 22.9 Å². The molecule has 1 saturated carbocycles. The topological polar surface area (TPSA) is 66.8 Å². The minimum absolute atomic E-state index is 0.00231. The summed E-state index contributed by atoms with van der Waals surface area (Å²) in [5.41, 5.74) is 0. The first-order chi connectivity index (χ1) is 5.25. The Hall–Kier alpha value is -0.610. The Morgan fingerprint density at radius 1 is 1.55 bits per heavy atom. The van der Waals surface area contributed by atoms with Crippen LogP contribution in [0.15, 0.2) is 0 Å². The molecule has 0 aromatic heterocycles. The summed E-state index contributed by atoms with van der Waals surface area (Å²) in [5.74, 6) is -1.09. The molecule has 0 spiro atoms. The summed E-state index contributed by atoms with van der Waals surface area (Å²) in [6, 6.07) is 0. The molecule has 0 heterocycles. The fourth-order valence-electron chi connectivity index (χ4n) is 1.66. The van der Waals surface area contributed by atoms with Crippen LogP contribution in [0.2, 0.25) is 0 Å². The lowest BCUT2D eigenvalue weighted by atomic mass is 9.97. The van der Waals surface area contributed by atoms with Gasteiger partial charge in [0.1, 0.15) is 0 Å². The third kappa shape index (κ3) is 1.91. The number of aliphatic carboxylic acids is 1. The minimum Gasteiger partial charge on any atom is -0.481 e. The van der Waals surface area contributed by atoms with Crippen molar-refractivity contribution in [1.82, 2.24) is 0 Å². The third-order valence-corrected chi connectivity index (χ3v) is 2.26. The summed E-state index contributed by atoms with van der Waals surface area (Å²) in [4.78, 5) is 14.5. The Balaban J connectivity index is 2.44. The maximum atomic E-state index is 10.5. The van der Waals surface area contributed by atoms with Gasteiger partial charge in [-0.3, -0.25) is 10.1 Å². The van der Waals surface area contributed by atoms with Gasteiger partial charge in [-0.2, -0.15) is 0 Å². The van der Waals surface area contributed by atoms with E-state index in [1.54, 1.807) is 0 Å². The van der Waals surface area contributed by atoms with Gasteiger partial charge in [-0.15, -0.1) is 0 Å². The van der Waals surface area contributed by atoms with Gasteiger partial charge in [-0.25, -0.2) is 4.89 Å². The van der Waals surface area contributed by atoms with Crippen molar-refractivity contribution in [3.63, 3.8) is 0 Å². The summed E-state index contributed by atoms with van der Waals surface area (Å²) in [5, 5.41) is 16.8. The molecule has 2 unspecified atom stereocenters. The number of carboxylic acid groups (broad SMARTS) is 1. The van der Waals surface area contributed by atoms with Gasteiger partial charge in [-0.1, -0.05) is 6.42 Å². The molecule has 4 heteroatoms.